The van der Waals surface area contributed by atoms with Crippen LogP contribution in [0.5, 0.6) is 0 Å². The number of piperidine rings is 2. The summed E-state index contributed by atoms with van der Waals surface area (Å²) in [6, 6.07) is 1.88. The van der Waals surface area contributed by atoms with E-state index in [2.05, 4.69) is 15.5 Å². The number of aryl methyl sites for hydroxylation is 1. The van der Waals surface area contributed by atoms with E-state index >= 15 is 0 Å². The van der Waals surface area contributed by atoms with E-state index in [1.54, 1.807) is 0 Å². The van der Waals surface area contributed by atoms with Gasteiger partial charge in [0.25, 0.3) is 5.91 Å². The van der Waals surface area contributed by atoms with Crippen LogP contribution in [0, 0.1) is 5.41 Å². The molecule has 4 rings (SSSR count). The molecule has 1 atom stereocenters. The number of cyclic esters (lactones) is 1. The first-order valence-corrected chi connectivity index (χ1v) is 14.0. The Morgan fingerprint density at radius 3 is 2.64 bits per heavy atom. The number of aliphatic hydroxyl groups excluding tert-OH is 1. The second-order valence-electron chi connectivity index (χ2n) is 11.0. The summed E-state index contributed by atoms with van der Waals surface area (Å²) in [4.78, 5) is 43.7. The zero-order chi connectivity index (χ0) is 25.9. The summed E-state index contributed by atoms with van der Waals surface area (Å²) < 4.78 is 5.69. The second-order valence-corrected chi connectivity index (χ2v) is 12.1. The number of likely N-dealkylation sites (tertiary alicyclic amines) is 2. The molecule has 3 aliphatic heterocycles. The summed E-state index contributed by atoms with van der Waals surface area (Å²) in [7, 11) is 0. The van der Waals surface area contributed by atoms with E-state index in [0.29, 0.717) is 49.1 Å². The number of amides is 3. The lowest BCUT2D eigenvalue weighted by atomic mass is 9.74. The molecule has 3 amide bonds. The summed E-state index contributed by atoms with van der Waals surface area (Å²) in [5.74, 6) is -0.116. The molecule has 9 nitrogen and oxygen atoms in total. The topological polar surface area (TPSA) is 111 Å². The molecule has 4 heterocycles. The number of rotatable bonds is 7. The lowest BCUT2D eigenvalue weighted by Gasteiger charge is -2.44. The molecule has 10 heteroatoms. The van der Waals surface area contributed by atoms with Gasteiger partial charge in [0, 0.05) is 50.1 Å². The molecule has 1 spiro atoms. The van der Waals surface area contributed by atoms with Gasteiger partial charge in [0.15, 0.2) is 0 Å². The van der Waals surface area contributed by atoms with Crippen LogP contribution in [0.4, 0.5) is 9.80 Å². The van der Waals surface area contributed by atoms with Crippen LogP contribution in [0.1, 0.15) is 74.5 Å². The molecule has 0 bridgehead atoms. The Morgan fingerprint density at radius 2 is 2.00 bits per heavy atom. The maximum atomic E-state index is 13.5. The van der Waals surface area contributed by atoms with Crippen molar-refractivity contribution in [2.24, 2.45) is 5.41 Å². The molecule has 1 aromatic rings. The Morgan fingerprint density at radius 1 is 1.25 bits per heavy atom. The lowest BCUT2D eigenvalue weighted by Crippen LogP contribution is -2.53. The minimum atomic E-state index is -0.397. The van der Waals surface area contributed by atoms with E-state index in [1.165, 1.54) is 11.3 Å². The summed E-state index contributed by atoms with van der Waals surface area (Å²) in [5, 5.41) is 15.3. The van der Waals surface area contributed by atoms with Crippen molar-refractivity contribution in [3.05, 3.63) is 16.5 Å². The zero-order valence-electron chi connectivity index (χ0n) is 21.7. The number of carbonyl (C=O) groups is 3. The minimum absolute atomic E-state index is 0.0496. The number of nitrogens with zero attached hydrogens (tertiary/aromatic N) is 2. The SMILES string of the molecule is CCNC(=O)Nc1sc(CCCO)cc1C(=O)N1CCC(N2CCCC3(C2)CC(C)(C)OC3=O)CC1. The van der Waals surface area contributed by atoms with Gasteiger partial charge in [-0.3, -0.25) is 19.8 Å². The molecule has 200 valence electrons. The second kappa shape index (κ2) is 11.1. The van der Waals surface area contributed by atoms with Crippen molar-refractivity contribution in [1.29, 1.82) is 0 Å². The number of ether oxygens (including phenoxy) is 1. The van der Waals surface area contributed by atoms with E-state index in [0.717, 1.165) is 50.1 Å². The number of anilines is 1. The fourth-order valence-corrected chi connectivity index (χ4v) is 7.14. The highest BCUT2D eigenvalue weighted by molar-refractivity contribution is 7.16. The Hall–Kier alpha value is -2.17. The van der Waals surface area contributed by atoms with Gasteiger partial charge in [-0.15, -0.1) is 11.3 Å². The molecule has 3 aliphatic rings. The quantitative estimate of drug-likeness (QED) is 0.476. The van der Waals surface area contributed by atoms with E-state index in [4.69, 9.17) is 4.74 Å². The Kier molecular flexibility index (Phi) is 8.26. The van der Waals surface area contributed by atoms with Crippen molar-refractivity contribution in [3.63, 3.8) is 0 Å². The maximum absolute atomic E-state index is 13.5. The Labute approximate surface area is 217 Å². The summed E-state index contributed by atoms with van der Waals surface area (Å²) in [6.45, 7) is 9.43. The molecule has 1 aromatic heterocycles. The van der Waals surface area contributed by atoms with Gasteiger partial charge >= 0.3 is 12.0 Å². The first-order valence-electron chi connectivity index (χ1n) is 13.2. The monoisotopic (exact) mass is 520 g/mol. The standard InChI is InChI=1S/C26H40N4O5S/c1-4-27-24(34)28-21-20(15-19(36-21)7-5-14-31)22(32)29-12-8-18(9-13-29)30-11-6-10-26(17-30)16-25(2,3)35-23(26)33/h15,18,31H,4-14,16-17H2,1-3H3,(H2,27,28,34). The summed E-state index contributed by atoms with van der Waals surface area (Å²) in [6.07, 6.45) is 5.65. The van der Waals surface area contributed by atoms with Crippen LogP contribution in [0.3, 0.4) is 0 Å². The summed E-state index contributed by atoms with van der Waals surface area (Å²) >= 11 is 1.40. The van der Waals surface area contributed by atoms with Gasteiger partial charge in [-0.1, -0.05) is 0 Å². The number of thiophene rings is 1. The number of hydrogen-bond donors (Lipinski definition) is 3. The van der Waals surface area contributed by atoms with Crippen LogP contribution in [0.2, 0.25) is 0 Å². The maximum Gasteiger partial charge on any atom is 0.319 e. The molecule has 0 aliphatic carbocycles. The summed E-state index contributed by atoms with van der Waals surface area (Å²) in [5.41, 5.74) is -0.271. The van der Waals surface area contributed by atoms with Crippen molar-refractivity contribution in [1.82, 2.24) is 15.1 Å². The van der Waals surface area contributed by atoms with Crippen molar-refractivity contribution in [2.75, 3.05) is 44.6 Å². The smallest absolute Gasteiger partial charge is 0.319 e. The number of esters is 1. The van der Waals surface area contributed by atoms with Gasteiger partial charge < -0.3 is 20.1 Å². The van der Waals surface area contributed by atoms with Gasteiger partial charge in [0.1, 0.15) is 10.6 Å². The number of aliphatic hydroxyl groups is 1. The Bertz CT molecular complexity index is 972. The predicted molar refractivity (Wildman–Crippen MR) is 139 cm³/mol. The number of nitrogens with one attached hydrogen (secondary N) is 2. The van der Waals surface area contributed by atoms with Crippen molar-refractivity contribution in [2.45, 2.75) is 77.4 Å². The molecular weight excluding hydrogens is 480 g/mol. The fourth-order valence-electron chi connectivity index (χ4n) is 6.05. The third-order valence-electron chi connectivity index (χ3n) is 7.60. The molecule has 1 unspecified atom stereocenters. The molecule has 3 saturated heterocycles. The van der Waals surface area contributed by atoms with Crippen molar-refractivity contribution < 1.29 is 24.2 Å². The van der Waals surface area contributed by atoms with Crippen LogP contribution in [0.15, 0.2) is 6.07 Å². The predicted octanol–water partition coefficient (Wildman–Crippen LogP) is 3.23. The third kappa shape index (κ3) is 5.86. The van der Waals surface area contributed by atoms with E-state index in [9.17, 15) is 19.5 Å². The normalized spacial score (nSPS) is 24.7. The van der Waals surface area contributed by atoms with Crippen molar-refractivity contribution >= 4 is 34.2 Å². The lowest BCUT2D eigenvalue weighted by molar-refractivity contribution is -0.154. The average molecular weight is 521 g/mol. The van der Waals surface area contributed by atoms with Crippen LogP contribution in [-0.2, 0) is 16.0 Å². The average Bonchev–Trinajstić information content (AvgIpc) is 3.33. The molecule has 0 saturated carbocycles. The number of hydrogen-bond acceptors (Lipinski definition) is 7. The fraction of sp³-hybridized carbons (Fsp3) is 0.731. The van der Waals surface area contributed by atoms with Gasteiger partial charge in [-0.25, -0.2) is 4.79 Å². The first kappa shape index (κ1) is 26.9. The van der Waals surface area contributed by atoms with Gasteiger partial charge in [0.05, 0.1) is 11.0 Å². The van der Waals surface area contributed by atoms with Crippen LogP contribution in [0.25, 0.3) is 0 Å². The van der Waals surface area contributed by atoms with Crippen LogP contribution in [-0.4, -0.2) is 83.8 Å². The molecular formula is C26H40N4O5S. The van der Waals surface area contributed by atoms with Gasteiger partial charge in [0.2, 0.25) is 0 Å². The van der Waals surface area contributed by atoms with E-state index in [-0.39, 0.29) is 24.5 Å². The molecule has 0 radical (unpaired) electrons. The van der Waals surface area contributed by atoms with E-state index in [1.807, 2.05) is 31.7 Å². The van der Waals surface area contributed by atoms with Gasteiger partial charge in [-0.2, -0.15) is 0 Å². The highest BCUT2D eigenvalue weighted by Gasteiger charge is 2.54. The number of urea groups is 1. The first-order chi connectivity index (χ1) is 17.2. The zero-order valence-corrected chi connectivity index (χ0v) is 22.5. The minimum Gasteiger partial charge on any atom is -0.459 e. The Balaban J connectivity index is 1.39. The highest BCUT2D eigenvalue weighted by Crippen LogP contribution is 2.46. The third-order valence-corrected chi connectivity index (χ3v) is 8.71. The number of carbonyl (C=O) groups excluding carboxylic acids is 3. The van der Waals surface area contributed by atoms with Gasteiger partial charge in [-0.05, 0) is 71.9 Å². The molecule has 3 fully saturated rings. The van der Waals surface area contributed by atoms with E-state index < -0.39 is 11.0 Å². The molecule has 36 heavy (non-hydrogen) atoms. The van der Waals surface area contributed by atoms with Crippen LogP contribution >= 0.6 is 11.3 Å². The van der Waals surface area contributed by atoms with Crippen molar-refractivity contribution in [3.8, 4) is 0 Å². The highest BCUT2D eigenvalue weighted by atomic mass is 32.1. The largest absolute Gasteiger partial charge is 0.459 e. The van der Waals surface area contributed by atoms with Crippen LogP contribution < -0.4 is 10.6 Å². The molecule has 3 N–H and O–H groups in total. The molecule has 0 aromatic carbocycles.